The molecule has 0 aliphatic heterocycles. The lowest BCUT2D eigenvalue weighted by molar-refractivity contribution is -0.164. The number of methoxy groups -OCH3 is 1. The van der Waals surface area contributed by atoms with E-state index in [-0.39, 0.29) is 5.33 Å². The summed E-state index contributed by atoms with van der Waals surface area (Å²) in [6.45, 7) is 0. The van der Waals surface area contributed by atoms with Crippen molar-refractivity contribution < 1.29 is 19.1 Å². The second-order valence-electron chi connectivity index (χ2n) is 2.94. The highest BCUT2D eigenvalue weighted by Gasteiger charge is 2.25. The second-order valence-corrected chi connectivity index (χ2v) is 3.50. The first-order valence-electron chi connectivity index (χ1n) is 4.57. The van der Waals surface area contributed by atoms with Crippen LogP contribution in [-0.4, -0.2) is 24.4 Å². The maximum atomic E-state index is 11.4. The van der Waals surface area contributed by atoms with Crippen molar-refractivity contribution in [3.8, 4) is 0 Å². The quantitative estimate of drug-likeness (QED) is 0.626. The molecule has 0 amide bonds. The van der Waals surface area contributed by atoms with Crippen LogP contribution in [0.25, 0.3) is 0 Å². The molecule has 0 N–H and O–H groups in total. The van der Waals surface area contributed by atoms with E-state index in [4.69, 9.17) is 4.74 Å². The van der Waals surface area contributed by atoms with Crippen LogP contribution in [0.1, 0.15) is 11.7 Å². The first-order chi connectivity index (χ1) is 7.69. The molecule has 4 nitrogen and oxygen atoms in total. The molecule has 0 bridgehead atoms. The molecule has 1 rings (SSSR count). The smallest absolute Gasteiger partial charge is 0.351 e. The minimum Gasteiger partial charge on any atom is -0.466 e. The van der Waals surface area contributed by atoms with Gasteiger partial charge in [-0.1, -0.05) is 46.3 Å². The lowest BCUT2D eigenvalue weighted by Gasteiger charge is -2.15. The Morgan fingerprint density at radius 1 is 1.31 bits per heavy atom. The fourth-order valence-electron chi connectivity index (χ4n) is 1.15. The minimum absolute atomic E-state index is 0.0350. The topological polar surface area (TPSA) is 52.6 Å². The Morgan fingerprint density at radius 3 is 2.44 bits per heavy atom. The molecule has 1 atom stereocenters. The summed E-state index contributed by atoms with van der Waals surface area (Å²) in [5.41, 5.74) is 0.587. The van der Waals surface area contributed by atoms with E-state index in [0.717, 1.165) is 0 Å². The van der Waals surface area contributed by atoms with Gasteiger partial charge in [0.2, 0.25) is 6.10 Å². The standard InChI is InChI=1S/C11H11BrO4/c1-15-11(14)10(16-9(13)7-12)8-5-3-2-4-6-8/h2-6,10H,7H2,1H3/t10-/m1/s1. The first kappa shape index (κ1) is 12.7. The Bertz CT molecular complexity index is 364. The van der Waals surface area contributed by atoms with E-state index >= 15 is 0 Å². The van der Waals surface area contributed by atoms with E-state index in [1.807, 2.05) is 6.07 Å². The van der Waals surface area contributed by atoms with E-state index in [1.165, 1.54) is 7.11 Å². The largest absolute Gasteiger partial charge is 0.466 e. The number of hydrogen-bond acceptors (Lipinski definition) is 4. The van der Waals surface area contributed by atoms with Crippen LogP contribution in [0, 0.1) is 0 Å². The third-order valence-corrected chi connectivity index (χ3v) is 2.33. The van der Waals surface area contributed by atoms with Crippen LogP contribution in [0.5, 0.6) is 0 Å². The molecule has 0 spiro atoms. The average molecular weight is 287 g/mol. The fraction of sp³-hybridized carbons (Fsp3) is 0.273. The molecule has 5 heteroatoms. The number of esters is 2. The molecule has 86 valence electrons. The molecule has 0 unspecified atom stereocenters. The Hall–Kier alpha value is -1.36. The van der Waals surface area contributed by atoms with Crippen LogP contribution in [0.2, 0.25) is 0 Å². The Labute approximate surface area is 102 Å². The van der Waals surface area contributed by atoms with Crippen molar-refractivity contribution in [3.05, 3.63) is 35.9 Å². The Morgan fingerprint density at radius 2 is 1.94 bits per heavy atom. The van der Waals surface area contributed by atoms with Crippen molar-refractivity contribution in [2.24, 2.45) is 0 Å². The van der Waals surface area contributed by atoms with Gasteiger partial charge in [0.15, 0.2) is 0 Å². The molecule has 1 aromatic rings. The lowest BCUT2D eigenvalue weighted by Crippen LogP contribution is -2.21. The second kappa shape index (κ2) is 6.27. The molecule has 0 radical (unpaired) electrons. The van der Waals surface area contributed by atoms with Crippen molar-refractivity contribution in [2.75, 3.05) is 12.4 Å². The molecule has 0 aromatic heterocycles. The zero-order valence-electron chi connectivity index (χ0n) is 8.68. The summed E-state index contributed by atoms with van der Waals surface area (Å²) >= 11 is 2.96. The number of hydrogen-bond donors (Lipinski definition) is 0. The minimum atomic E-state index is -1.00. The number of carbonyl (C=O) groups excluding carboxylic acids is 2. The summed E-state index contributed by atoms with van der Waals surface area (Å²) in [6, 6.07) is 8.72. The highest BCUT2D eigenvalue weighted by atomic mass is 79.9. The van der Waals surface area contributed by atoms with E-state index in [2.05, 4.69) is 20.7 Å². The van der Waals surface area contributed by atoms with Crippen molar-refractivity contribution in [1.29, 1.82) is 0 Å². The van der Waals surface area contributed by atoms with Crippen LogP contribution in [-0.2, 0) is 19.1 Å². The van der Waals surface area contributed by atoms with Crippen LogP contribution in [0.3, 0.4) is 0 Å². The maximum Gasteiger partial charge on any atom is 0.351 e. The molecule has 0 saturated heterocycles. The summed E-state index contributed by atoms with van der Waals surface area (Å²) in [6.07, 6.45) is -1.00. The predicted octanol–water partition coefficient (Wildman–Crippen LogP) is 1.84. The molecule has 16 heavy (non-hydrogen) atoms. The predicted molar refractivity (Wildman–Crippen MR) is 61.1 cm³/mol. The zero-order chi connectivity index (χ0) is 12.0. The molecular formula is C11H11BrO4. The molecular weight excluding hydrogens is 276 g/mol. The average Bonchev–Trinajstić information content (AvgIpc) is 2.35. The number of rotatable bonds is 4. The normalized spacial score (nSPS) is 11.6. The molecule has 1 aromatic carbocycles. The number of alkyl halides is 1. The summed E-state index contributed by atoms with van der Waals surface area (Å²) in [7, 11) is 1.25. The fourth-order valence-corrected chi connectivity index (χ4v) is 1.28. The van der Waals surface area contributed by atoms with Gasteiger partial charge in [-0.3, -0.25) is 4.79 Å². The third kappa shape index (κ3) is 3.34. The molecule has 0 aliphatic carbocycles. The van der Waals surface area contributed by atoms with E-state index in [0.29, 0.717) is 5.56 Å². The molecule has 0 saturated carbocycles. The highest BCUT2D eigenvalue weighted by Crippen LogP contribution is 2.19. The van der Waals surface area contributed by atoms with Crippen molar-refractivity contribution in [1.82, 2.24) is 0 Å². The van der Waals surface area contributed by atoms with Gasteiger partial charge in [0.1, 0.15) is 5.33 Å². The number of halogens is 1. The van der Waals surface area contributed by atoms with Gasteiger partial charge in [-0.05, 0) is 0 Å². The van der Waals surface area contributed by atoms with Gasteiger partial charge >= 0.3 is 11.9 Å². The number of carbonyl (C=O) groups is 2. The van der Waals surface area contributed by atoms with E-state index < -0.39 is 18.0 Å². The lowest BCUT2D eigenvalue weighted by atomic mass is 10.1. The van der Waals surface area contributed by atoms with Gasteiger partial charge in [0.05, 0.1) is 7.11 Å². The van der Waals surface area contributed by atoms with Crippen molar-refractivity contribution in [2.45, 2.75) is 6.10 Å². The Balaban J connectivity index is 2.88. The van der Waals surface area contributed by atoms with Gasteiger partial charge in [-0.2, -0.15) is 0 Å². The monoisotopic (exact) mass is 286 g/mol. The van der Waals surface area contributed by atoms with Crippen LogP contribution >= 0.6 is 15.9 Å². The number of benzene rings is 1. The SMILES string of the molecule is COC(=O)[C@H](OC(=O)CBr)c1ccccc1. The van der Waals surface area contributed by atoms with Crippen molar-refractivity contribution >= 4 is 27.9 Å². The maximum absolute atomic E-state index is 11.4. The zero-order valence-corrected chi connectivity index (χ0v) is 10.3. The molecule has 0 fully saturated rings. The van der Waals surface area contributed by atoms with Gasteiger partial charge in [-0.25, -0.2) is 4.79 Å². The van der Waals surface area contributed by atoms with E-state index in [1.54, 1.807) is 24.3 Å². The summed E-state index contributed by atoms with van der Waals surface area (Å²) < 4.78 is 9.56. The van der Waals surface area contributed by atoms with Gasteiger partial charge < -0.3 is 9.47 Å². The molecule has 0 aliphatic rings. The Kier molecular flexibility index (Phi) is 4.98. The van der Waals surface area contributed by atoms with Crippen molar-refractivity contribution in [3.63, 3.8) is 0 Å². The third-order valence-electron chi connectivity index (χ3n) is 1.88. The van der Waals surface area contributed by atoms with E-state index in [9.17, 15) is 9.59 Å². The molecule has 0 heterocycles. The van der Waals surface area contributed by atoms with Gasteiger partial charge in [0.25, 0.3) is 0 Å². The van der Waals surface area contributed by atoms with Crippen LogP contribution < -0.4 is 0 Å². The van der Waals surface area contributed by atoms with Crippen LogP contribution in [0.4, 0.5) is 0 Å². The highest BCUT2D eigenvalue weighted by molar-refractivity contribution is 9.09. The van der Waals surface area contributed by atoms with Crippen LogP contribution in [0.15, 0.2) is 30.3 Å². The number of ether oxygens (including phenoxy) is 2. The summed E-state index contributed by atoms with van der Waals surface area (Å²) in [4.78, 5) is 22.6. The summed E-state index contributed by atoms with van der Waals surface area (Å²) in [5, 5.41) is 0.0350. The van der Waals surface area contributed by atoms with Gasteiger partial charge in [0, 0.05) is 5.56 Å². The van der Waals surface area contributed by atoms with Gasteiger partial charge in [-0.15, -0.1) is 0 Å². The summed E-state index contributed by atoms with van der Waals surface area (Å²) in [5.74, 6) is -1.11. The first-order valence-corrected chi connectivity index (χ1v) is 5.69.